The number of hydrogen-bond acceptors (Lipinski definition) is 4. The Labute approximate surface area is 236 Å². The molecule has 1 aliphatic heterocycles. The predicted molar refractivity (Wildman–Crippen MR) is 159 cm³/mol. The van der Waals surface area contributed by atoms with E-state index in [4.69, 9.17) is 5.73 Å². The van der Waals surface area contributed by atoms with Gasteiger partial charge in [-0.3, -0.25) is 9.59 Å². The molecule has 0 fully saturated rings. The molecule has 3 aromatic rings. The van der Waals surface area contributed by atoms with Gasteiger partial charge in [0.2, 0.25) is 11.8 Å². The van der Waals surface area contributed by atoms with E-state index in [0.29, 0.717) is 25.9 Å². The topological polar surface area (TPSA) is 117 Å². The molecule has 0 bridgehead atoms. The van der Waals surface area contributed by atoms with Crippen molar-refractivity contribution in [1.29, 1.82) is 0 Å². The van der Waals surface area contributed by atoms with Crippen molar-refractivity contribution in [2.24, 2.45) is 5.73 Å². The molecule has 0 unspecified atom stereocenters. The van der Waals surface area contributed by atoms with Crippen molar-refractivity contribution in [2.75, 3.05) is 4.90 Å². The molecule has 0 saturated carbocycles. The number of amides is 4. The average molecular weight is 542 g/mol. The van der Waals surface area contributed by atoms with Crippen molar-refractivity contribution >= 4 is 23.5 Å². The zero-order valence-corrected chi connectivity index (χ0v) is 23.7. The number of benzene rings is 3. The van der Waals surface area contributed by atoms with Gasteiger partial charge in [0.25, 0.3) is 0 Å². The fourth-order valence-electron chi connectivity index (χ4n) is 4.87. The van der Waals surface area contributed by atoms with Crippen molar-refractivity contribution in [3.8, 4) is 11.1 Å². The second kappa shape index (κ2) is 12.3. The molecule has 1 heterocycles. The van der Waals surface area contributed by atoms with Crippen LogP contribution in [-0.2, 0) is 29.1 Å². The van der Waals surface area contributed by atoms with Crippen molar-refractivity contribution in [2.45, 2.75) is 71.2 Å². The molecule has 1 aliphatic rings. The first-order chi connectivity index (χ1) is 19.0. The minimum atomic E-state index is -1.10. The number of aryl methyl sites for hydroxylation is 1. The SMILES string of the molecule is CC(C)NC(=O)NCc1ccccc1-c1ccccc1CN1C(=O)[C@H](NC(=O)C(C)(C)N)CCc2ccccc21. The number of nitrogens with two attached hydrogens (primary N) is 1. The third-order valence-corrected chi connectivity index (χ3v) is 6.95. The Balaban J connectivity index is 1.67. The summed E-state index contributed by atoms with van der Waals surface area (Å²) in [5, 5.41) is 8.69. The number of carbonyl (C=O) groups is 3. The summed E-state index contributed by atoms with van der Waals surface area (Å²) in [6.07, 6.45) is 1.14. The summed E-state index contributed by atoms with van der Waals surface area (Å²) in [6, 6.07) is 22.9. The Bertz CT molecular complexity index is 1380. The van der Waals surface area contributed by atoms with E-state index in [-0.39, 0.29) is 23.9 Å². The highest BCUT2D eigenvalue weighted by Gasteiger charge is 2.34. The molecular formula is C32H39N5O3. The summed E-state index contributed by atoms with van der Waals surface area (Å²) in [5.41, 5.74) is 10.7. The zero-order valence-electron chi connectivity index (χ0n) is 23.7. The van der Waals surface area contributed by atoms with Crippen LogP contribution in [0.15, 0.2) is 72.8 Å². The van der Waals surface area contributed by atoms with Crippen LogP contribution in [0.5, 0.6) is 0 Å². The molecule has 8 heteroatoms. The second-order valence-electron chi connectivity index (χ2n) is 11.1. The number of anilines is 1. The van der Waals surface area contributed by atoms with Crippen molar-refractivity contribution in [1.82, 2.24) is 16.0 Å². The van der Waals surface area contributed by atoms with Gasteiger partial charge in [-0.25, -0.2) is 4.79 Å². The van der Waals surface area contributed by atoms with Crippen LogP contribution in [0, 0.1) is 0 Å². The summed E-state index contributed by atoms with van der Waals surface area (Å²) >= 11 is 0. The smallest absolute Gasteiger partial charge is 0.315 e. The maximum Gasteiger partial charge on any atom is 0.315 e. The van der Waals surface area contributed by atoms with Crippen molar-refractivity contribution in [3.05, 3.63) is 89.5 Å². The molecular weight excluding hydrogens is 502 g/mol. The summed E-state index contributed by atoms with van der Waals surface area (Å²) in [6.45, 7) is 7.77. The molecule has 210 valence electrons. The monoisotopic (exact) mass is 541 g/mol. The van der Waals surface area contributed by atoms with Crippen LogP contribution < -0.4 is 26.6 Å². The molecule has 0 aliphatic carbocycles. The predicted octanol–water partition coefficient (Wildman–Crippen LogP) is 4.26. The molecule has 0 spiro atoms. The molecule has 0 saturated heterocycles. The lowest BCUT2D eigenvalue weighted by Gasteiger charge is -2.29. The van der Waals surface area contributed by atoms with Gasteiger partial charge < -0.3 is 26.6 Å². The standard InChI is InChI=1S/C32H39N5O3/c1-21(2)35-31(40)34-19-23-12-5-8-14-25(23)26-15-9-6-13-24(26)20-37-28-16-10-7-11-22(28)17-18-27(29(37)38)36-30(39)32(3,4)33/h5-16,21,27H,17-20,33H2,1-4H3,(H,36,39)(H2,34,35,40)/t27-/m1/s1. The molecule has 4 rings (SSSR count). The molecule has 3 aromatic carbocycles. The minimum Gasteiger partial charge on any atom is -0.343 e. The number of hydrogen-bond donors (Lipinski definition) is 4. The first kappa shape index (κ1) is 28.8. The van der Waals surface area contributed by atoms with Gasteiger partial charge in [0, 0.05) is 18.3 Å². The summed E-state index contributed by atoms with van der Waals surface area (Å²) in [7, 11) is 0. The number of fused-ring (bicyclic) bond motifs is 1. The molecule has 1 atom stereocenters. The first-order valence-corrected chi connectivity index (χ1v) is 13.7. The normalized spacial score (nSPS) is 15.3. The summed E-state index contributed by atoms with van der Waals surface area (Å²) in [4.78, 5) is 40.7. The maximum absolute atomic E-state index is 14.0. The van der Waals surface area contributed by atoms with Gasteiger partial charge in [-0.15, -0.1) is 0 Å². The number of nitrogens with one attached hydrogen (secondary N) is 3. The van der Waals surface area contributed by atoms with Gasteiger partial charge in [0.1, 0.15) is 6.04 Å². The van der Waals surface area contributed by atoms with E-state index >= 15 is 0 Å². The Kier molecular flexibility index (Phi) is 8.90. The van der Waals surface area contributed by atoms with Crippen molar-refractivity contribution < 1.29 is 14.4 Å². The van der Waals surface area contributed by atoms with E-state index in [1.165, 1.54) is 0 Å². The second-order valence-corrected chi connectivity index (χ2v) is 11.1. The van der Waals surface area contributed by atoms with Crippen LogP contribution in [0.25, 0.3) is 11.1 Å². The van der Waals surface area contributed by atoms with Crippen LogP contribution in [0.2, 0.25) is 0 Å². The van der Waals surface area contributed by atoms with Gasteiger partial charge in [-0.05, 0) is 74.4 Å². The highest BCUT2D eigenvalue weighted by Crippen LogP contribution is 2.33. The van der Waals surface area contributed by atoms with E-state index in [1.54, 1.807) is 18.7 Å². The van der Waals surface area contributed by atoms with E-state index < -0.39 is 11.6 Å². The van der Waals surface area contributed by atoms with Crippen LogP contribution in [0.3, 0.4) is 0 Å². The molecule has 40 heavy (non-hydrogen) atoms. The van der Waals surface area contributed by atoms with Gasteiger partial charge >= 0.3 is 6.03 Å². The van der Waals surface area contributed by atoms with Gasteiger partial charge in [0.15, 0.2) is 0 Å². The van der Waals surface area contributed by atoms with Crippen LogP contribution in [0.4, 0.5) is 10.5 Å². The van der Waals surface area contributed by atoms with Gasteiger partial charge in [0.05, 0.1) is 12.1 Å². The Morgan fingerprint density at radius 1 is 0.950 bits per heavy atom. The molecule has 8 nitrogen and oxygen atoms in total. The maximum atomic E-state index is 14.0. The largest absolute Gasteiger partial charge is 0.343 e. The highest BCUT2D eigenvalue weighted by molar-refractivity contribution is 6.01. The lowest BCUT2D eigenvalue weighted by atomic mass is 9.94. The Morgan fingerprint density at radius 3 is 2.23 bits per heavy atom. The third-order valence-electron chi connectivity index (χ3n) is 6.95. The number of carbonyl (C=O) groups excluding carboxylic acids is 3. The highest BCUT2D eigenvalue weighted by atomic mass is 16.2. The Hall–Kier alpha value is -4.17. The fraction of sp³-hybridized carbons (Fsp3) is 0.344. The van der Waals surface area contributed by atoms with E-state index in [0.717, 1.165) is 33.5 Å². The van der Waals surface area contributed by atoms with E-state index in [2.05, 4.69) is 16.0 Å². The van der Waals surface area contributed by atoms with Crippen LogP contribution >= 0.6 is 0 Å². The number of para-hydroxylation sites is 1. The van der Waals surface area contributed by atoms with Crippen LogP contribution in [-0.4, -0.2) is 35.5 Å². The van der Waals surface area contributed by atoms with E-state index in [9.17, 15) is 14.4 Å². The third kappa shape index (κ3) is 6.87. The quantitative estimate of drug-likeness (QED) is 0.341. The number of urea groups is 1. The zero-order chi connectivity index (χ0) is 28.9. The first-order valence-electron chi connectivity index (χ1n) is 13.7. The van der Waals surface area contributed by atoms with Crippen LogP contribution in [0.1, 0.15) is 50.8 Å². The van der Waals surface area contributed by atoms with E-state index in [1.807, 2.05) is 86.6 Å². The fourth-order valence-corrected chi connectivity index (χ4v) is 4.87. The molecule has 4 amide bonds. The van der Waals surface area contributed by atoms with Gasteiger partial charge in [-0.2, -0.15) is 0 Å². The average Bonchev–Trinajstić information content (AvgIpc) is 3.04. The number of rotatable bonds is 8. The molecule has 0 aromatic heterocycles. The Morgan fingerprint density at radius 2 is 1.55 bits per heavy atom. The molecule has 5 N–H and O–H groups in total. The lowest BCUT2D eigenvalue weighted by Crippen LogP contribution is -2.56. The lowest BCUT2D eigenvalue weighted by molar-refractivity contribution is -0.130. The minimum absolute atomic E-state index is 0.0366. The summed E-state index contributed by atoms with van der Waals surface area (Å²) in [5.74, 6) is -0.530. The number of nitrogens with zero attached hydrogens (tertiary/aromatic N) is 1. The summed E-state index contributed by atoms with van der Waals surface area (Å²) < 4.78 is 0. The van der Waals surface area contributed by atoms with Crippen molar-refractivity contribution in [3.63, 3.8) is 0 Å². The molecule has 0 radical (unpaired) electrons. The van der Waals surface area contributed by atoms with Gasteiger partial charge in [-0.1, -0.05) is 66.7 Å².